The molecule has 4 rings (SSSR count). The first kappa shape index (κ1) is 17.9. The third-order valence-corrected chi connectivity index (χ3v) is 4.90. The lowest BCUT2D eigenvalue weighted by Gasteiger charge is -2.18. The van der Waals surface area contributed by atoms with E-state index in [2.05, 4.69) is 15.1 Å². The van der Waals surface area contributed by atoms with Crippen LogP contribution in [0.15, 0.2) is 54.2 Å². The summed E-state index contributed by atoms with van der Waals surface area (Å²) >= 11 is 1.48. The van der Waals surface area contributed by atoms with Gasteiger partial charge in [0.05, 0.1) is 5.69 Å². The first-order valence-electron chi connectivity index (χ1n) is 8.17. The normalized spacial score (nSPS) is 10.8. The number of benzene rings is 1. The second-order valence-corrected chi connectivity index (χ2v) is 6.72. The highest BCUT2D eigenvalue weighted by Gasteiger charge is 2.19. The highest BCUT2D eigenvalue weighted by Crippen LogP contribution is 2.30. The van der Waals surface area contributed by atoms with Crippen LogP contribution < -0.4 is 4.90 Å². The quantitative estimate of drug-likeness (QED) is 0.474. The molecule has 0 saturated heterocycles. The maximum atomic E-state index is 14.0. The lowest BCUT2D eigenvalue weighted by atomic mass is 10.2. The fourth-order valence-corrected chi connectivity index (χ4v) is 3.41. The van der Waals surface area contributed by atoms with Gasteiger partial charge in [-0.05, 0) is 30.3 Å². The summed E-state index contributed by atoms with van der Waals surface area (Å²) in [5.41, 5.74) is 1.80. The zero-order valence-electron chi connectivity index (χ0n) is 14.6. The van der Waals surface area contributed by atoms with Crippen molar-refractivity contribution in [3.63, 3.8) is 0 Å². The smallest absolute Gasteiger partial charge is 0.220 e. The number of pyridine rings is 1. The van der Waals surface area contributed by atoms with Crippen LogP contribution in [0.1, 0.15) is 0 Å². The van der Waals surface area contributed by atoms with Gasteiger partial charge >= 0.3 is 0 Å². The van der Waals surface area contributed by atoms with Crippen LogP contribution in [0.5, 0.6) is 0 Å². The minimum atomic E-state index is -0.849. The van der Waals surface area contributed by atoms with E-state index >= 15 is 0 Å². The summed E-state index contributed by atoms with van der Waals surface area (Å²) < 4.78 is 29.7. The van der Waals surface area contributed by atoms with E-state index in [-0.39, 0.29) is 5.82 Å². The van der Waals surface area contributed by atoms with Crippen LogP contribution in [0.25, 0.3) is 22.0 Å². The van der Waals surface area contributed by atoms with Crippen LogP contribution in [0.2, 0.25) is 0 Å². The monoisotopic (exact) mass is 397 g/mol. The fourth-order valence-electron chi connectivity index (χ4n) is 2.81. The molecular weight excluding hydrogens is 384 g/mol. The first-order valence-corrected chi connectivity index (χ1v) is 9.05. The van der Waals surface area contributed by atoms with Gasteiger partial charge in [-0.3, -0.25) is 14.4 Å². The molecule has 0 atom stereocenters. The van der Waals surface area contributed by atoms with Gasteiger partial charge in [-0.1, -0.05) is 6.07 Å². The van der Waals surface area contributed by atoms with Crippen molar-refractivity contribution < 1.29 is 13.6 Å². The van der Waals surface area contributed by atoms with Crippen molar-refractivity contribution in [2.75, 3.05) is 4.90 Å². The molecule has 0 aliphatic rings. The second-order valence-electron chi connectivity index (χ2n) is 5.83. The van der Waals surface area contributed by atoms with Crippen LogP contribution in [-0.4, -0.2) is 26.2 Å². The topological polar surface area (TPSA) is 63.9 Å². The molecule has 0 unspecified atom stereocenters. The molecule has 1 amide bonds. The van der Waals surface area contributed by atoms with Crippen molar-refractivity contribution in [1.82, 2.24) is 19.7 Å². The predicted molar refractivity (Wildman–Crippen MR) is 102 cm³/mol. The molecule has 6 nitrogen and oxygen atoms in total. The molecule has 0 spiro atoms. The Kier molecular flexibility index (Phi) is 4.66. The molecular formula is C19H13F2N5OS. The van der Waals surface area contributed by atoms with Gasteiger partial charge in [0, 0.05) is 30.4 Å². The van der Waals surface area contributed by atoms with Crippen molar-refractivity contribution in [3.8, 4) is 22.0 Å². The van der Waals surface area contributed by atoms with Gasteiger partial charge in [0.1, 0.15) is 33.8 Å². The number of nitrogens with zero attached hydrogens (tertiary/aromatic N) is 5. The summed E-state index contributed by atoms with van der Waals surface area (Å²) in [6.45, 7) is 0. The maximum Gasteiger partial charge on any atom is 0.220 e. The minimum absolute atomic E-state index is 0.102. The number of anilines is 2. The van der Waals surface area contributed by atoms with E-state index in [4.69, 9.17) is 0 Å². The first-order chi connectivity index (χ1) is 13.6. The number of hydrogen-bond acceptors (Lipinski definition) is 5. The molecule has 0 aliphatic carbocycles. The lowest BCUT2D eigenvalue weighted by molar-refractivity contribution is -0.106. The maximum absolute atomic E-state index is 14.0. The number of carbonyl (C=O) groups excluding carboxylic acids is 1. The highest BCUT2D eigenvalue weighted by molar-refractivity contribution is 7.13. The molecule has 28 heavy (non-hydrogen) atoms. The number of halogens is 2. The van der Waals surface area contributed by atoms with E-state index in [0.29, 0.717) is 6.41 Å². The summed E-state index contributed by atoms with van der Waals surface area (Å²) in [5, 5.41) is 7.12. The number of carbonyl (C=O) groups is 1. The number of rotatable bonds is 5. The van der Waals surface area contributed by atoms with E-state index in [1.165, 1.54) is 29.7 Å². The van der Waals surface area contributed by atoms with Crippen LogP contribution in [-0.2, 0) is 11.8 Å². The van der Waals surface area contributed by atoms with Gasteiger partial charge in [-0.25, -0.2) is 18.7 Å². The molecule has 140 valence electrons. The van der Waals surface area contributed by atoms with Gasteiger partial charge < -0.3 is 0 Å². The molecule has 0 bridgehead atoms. The summed E-state index contributed by atoms with van der Waals surface area (Å²) in [6, 6.07) is 8.50. The number of aryl methyl sites for hydroxylation is 1. The van der Waals surface area contributed by atoms with Crippen molar-refractivity contribution in [3.05, 3.63) is 65.8 Å². The molecule has 0 radical (unpaired) electrons. The Morgan fingerprint density at radius 2 is 1.93 bits per heavy atom. The fraction of sp³-hybridized carbons (Fsp3) is 0.0526. The molecule has 0 aliphatic heterocycles. The Bertz CT molecular complexity index is 1110. The highest BCUT2D eigenvalue weighted by atomic mass is 32.1. The lowest BCUT2D eigenvalue weighted by Crippen LogP contribution is -2.18. The van der Waals surface area contributed by atoms with E-state index in [0.717, 1.165) is 39.0 Å². The largest absolute Gasteiger partial charge is 0.278 e. The van der Waals surface area contributed by atoms with E-state index in [1.807, 2.05) is 11.4 Å². The van der Waals surface area contributed by atoms with Gasteiger partial charge in [-0.15, -0.1) is 11.3 Å². The van der Waals surface area contributed by atoms with Crippen molar-refractivity contribution >= 4 is 29.3 Å². The van der Waals surface area contributed by atoms with Gasteiger partial charge in [-0.2, -0.15) is 5.10 Å². The van der Waals surface area contributed by atoms with Crippen LogP contribution in [0.3, 0.4) is 0 Å². The summed E-state index contributed by atoms with van der Waals surface area (Å²) in [7, 11) is 1.80. The van der Waals surface area contributed by atoms with Gasteiger partial charge in [0.25, 0.3) is 0 Å². The third kappa shape index (κ3) is 3.16. The summed E-state index contributed by atoms with van der Waals surface area (Å²) in [4.78, 5) is 20.8. The number of hydrogen-bond donors (Lipinski definition) is 0. The molecule has 3 aromatic heterocycles. The average molecular weight is 397 g/mol. The Morgan fingerprint density at radius 1 is 1.14 bits per heavy atom. The van der Waals surface area contributed by atoms with Gasteiger partial charge in [0.2, 0.25) is 6.41 Å². The zero-order valence-corrected chi connectivity index (χ0v) is 15.4. The summed E-state index contributed by atoms with van der Waals surface area (Å²) in [6.07, 6.45) is 3.56. The van der Waals surface area contributed by atoms with Crippen LogP contribution in [0.4, 0.5) is 20.3 Å². The Hall–Kier alpha value is -3.46. The second kappa shape index (κ2) is 7.28. The molecule has 3 heterocycles. The van der Waals surface area contributed by atoms with Crippen molar-refractivity contribution in [2.45, 2.75) is 0 Å². The molecule has 0 N–H and O–H groups in total. The van der Waals surface area contributed by atoms with Crippen LogP contribution in [0, 0.1) is 11.6 Å². The van der Waals surface area contributed by atoms with Gasteiger partial charge in [0.15, 0.2) is 0 Å². The van der Waals surface area contributed by atoms with E-state index in [9.17, 15) is 13.6 Å². The third-order valence-electron chi connectivity index (χ3n) is 4.11. The predicted octanol–water partition coefficient (Wildman–Crippen LogP) is 4.18. The Morgan fingerprint density at radius 3 is 2.54 bits per heavy atom. The molecule has 9 heteroatoms. The zero-order chi connectivity index (χ0) is 19.7. The molecule has 4 aromatic rings. The number of para-hydroxylation sites is 1. The molecule has 1 aromatic carbocycles. The molecule has 0 saturated carbocycles. The van der Waals surface area contributed by atoms with Crippen LogP contribution >= 0.6 is 11.3 Å². The summed E-state index contributed by atoms with van der Waals surface area (Å²) in [5.74, 6) is -1.60. The van der Waals surface area contributed by atoms with E-state index in [1.54, 1.807) is 24.0 Å². The molecule has 0 fully saturated rings. The Labute approximate surface area is 162 Å². The SMILES string of the molecule is Cn1nc(-c2nccs2)cc1-c1ccc(N(C=O)c2c(F)cccc2F)nc1. The van der Waals surface area contributed by atoms with Crippen molar-refractivity contribution in [2.24, 2.45) is 7.05 Å². The minimum Gasteiger partial charge on any atom is -0.278 e. The van der Waals surface area contributed by atoms with E-state index < -0.39 is 17.3 Å². The van der Waals surface area contributed by atoms with Crippen molar-refractivity contribution in [1.29, 1.82) is 0 Å². The average Bonchev–Trinajstić information content (AvgIpc) is 3.35. The number of aromatic nitrogens is 4. The number of thiazole rings is 1. The standard InChI is InChI=1S/C19H13F2N5OS/c1-25-16(9-15(24-25)19-22-7-8-28-19)12-5-6-17(23-10-12)26(11-27)18-13(20)3-2-4-14(18)21/h2-11H,1H3. The number of amides is 1. The Balaban J connectivity index is 1.68.